The number of fused-ring (bicyclic) bond motifs is 1. The quantitative estimate of drug-likeness (QED) is 0.248. The van der Waals surface area contributed by atoms with Crippen molar-refractivity contribution in [2.45, 2.75) is 90.1 Å². The Hall–Kier alpha value is -1.78. The van der Waals surface area contributed by atoms with E-state index in [0.29, 0.717) is 17.1 Å². The number of unbranched alkanes of at least 4 members (excludes halogenated alkanes) is 8. The molecule has 3 nitrogen and oxygen atoms in total. The van der Waals surface area contributed by atoms with Crippen molar-refractivity contribution in [1.29, 1.82) is 0 Å². The van der Waals surface area contributed by atoms with Gasteiger partial charge < -0.3 is 9.47 Å². The molecule has 1 unspecified atom stereocenters. The van der Waals surface area contributed by atoms with E-state index in [1.165, 1.54) is 68.6 Å². The van der Waals surface area contributed by atoms with E-state index in [0.717, 1.165) is 37.3 Å². The predicted molar refractivity (Wildman–Crippen MR) is 140 cm³/mol. The maximum atomic E-state index is 14.6. The minimum absolute atomic E-state index is 0.212. The molecule has 0 radical (unpaired) electrons. The summed E-state index contributed by atoms with van der Waals surface area (Å²) in [6.45, 7) is 3.65. The molecule has 0 aliphatic carbocycles. The Kier molecular flexibility index (Phi) is 11.0. The fraction of sp³-hybridized carbons (Fsp3) is 0.586. The lowest BCUT2D eigenvalue weighted by molar-refractivity contribution is 0.161. The van der Waals surface area contributed by atoms with E-state index in [1.54, 1.807) is 26.4 Å². The van der Waals surface area contributed by atoms with Gasteiger partial charge in [0.05, 0.1) is 14.2 Å². The Morgan fingerprint density at radius 3 is 2.24 bits per heavy atom. The van der Waals surface area contributed by atoms with E-state index in [4.69, 9.17) is 21.1 Å². The molecule has 0 saturated carbocycles. The number of rotatable bonds is 14. The van der Waals surface area contributed by atoms with Gasteiger partial charge in [-0.1, -0.05) is 82.4 Å². The average molecular weight is 490 g/mol. The molecule has 1 heterocycles. The monoisotopic (exact) mass is 489 g/mol. The highest BCUT2D eigenvalue weighted by Crippen LogP contribution is 2.41. The molecule has 0 aromatic heterocycles. The molecule has 0 fully saturated rings. The number of benzene rings is 2. The number of halogens is 2. The molecule has 0 N–H and O–H groups in total. The van der Waals surface area contributed by atoms with E-state index >= 15 is 0 Å². The van der Waals surface area contributed by atoms with Crippen molar-refractivity contribution in [2.24, 2.45) is 0 Å². The van der Waals surface area contributed by atoms with E-state index < -0.39 is 0 Å². The van der Waals surface area contributed by atoms with Gasteiger partial charge in [0.1, 0.15) is 5.82 Å². The molecule has 0 spiro atoms. The molecule has 2 aromatic rings. The fourth-order valence-corrected chi connectivity index (χ4v) is 5.37. The SMILES string of the molecule is CCCCCCCCCCCC1c2cc(OC)c(OC)cc2CCN1Cc1c(F)cccc1Cl. The average Bonchev–Trinajstić information content (AvgIpc) is 2.85. The number of nitrogens with zero attached hydrogens (tertiary/aromatic N) is 1. The van der Waals surface area contributed by atoms with Crippen molar-refractivity contribution in [1.82, 2.24) is 4.90 Å². The lowest BCUT2D eigenvalue weighted by atomic mass is 9.88. The highest BCUT2D eigenvalue weighted by molar-refractivity contribution is 6.31. The molecule has 5 heteroatoms. The van der Waals surface area contributed by atoms with Gasteiger partial charge in [-0.25, -0.2) is 4.39 Å². The third kappa shape index (κ3) is 7.11. The Bertz CT molecular complexity index is 884. The number of methoxy groups -OCH3 is 2. The number of hydrogen-bond donors (Lipinski definition) is 0. The van der Waals surface area contributed by atoms with Gasteiger partial charge in [0.2, 0.25) is 0 Å². The first kappa shape index (κ1) is 26.8. The van der Waals surface area contributed by atoms with Crippen LogP contribution in [0.15, 0.2) is 30.3 Å². The lowest BCUT2D eigenvalue weighted by Gasteiger charge is -2.38. The molecule has 188 valence electrons. The first-order valence-corrected chi connectivity index (χ1v) is 13.4. The van der Waals surface area contributed by atoms with Crippen LogP contribution < -0.4 is 9.47 Å². The van der Waals surface area contributed by atoms with Crippen LogP contribution in [0.25, 0.3) is 0 Å². The van der Waals surface area contributed by atoms with Crippen LogP contribution in [0.2, 0.25) is 5.02 Å². The minimum atomic E-state index is -0.229. The molecule has 0 saturated heterocycles. The van der Waals surface area contributed by atoms with Crippen molar-refractivity contribution in [3.63, 3.8) is 0 Å². The second-order valence-corrected chi connectivity index (χ2v) is 9.87. The van der Waals surface area contributed by atoms with Crippen molar-refractivity contribution in [3.8, 4) is 11.5 Å². The van der Waals surface area contributed by atoms with Crippen molar-refractivity contribution >= 4 is 11.6 Å². The Labute approximate surface area is 210 Å². The zero-order valence-corrected chi connectivity index (χ0v) is 21.9. The van der Waals surface area contributed by atoms with Gasteiger partial charge in [0.25, 0.3) is 0 Å². The summed E-state index contributed by atoms with van der Waals surface area (Å²) in [5.74, 6) is 1.30. The van der Waals surface area contributed by atoms with E-state index in [-0.39, 0.29) is 11.9 Å². The number of ether oxygens (including phenoxy) is 2. The van der Waals surface area contributed by atoms with Crippen LogP contribution in [0, 0.1) is 5.82 Å². The van der Waals surface area contributed by atoms with Gasteiger partial charge >= 0.3 is 0 Å². The normalized spacial score (nSPS) is 15.9. The molecule has 1 atom stereocenters. The van der Waals surface area contributed by atoms with Gasteiger partial charge in [-0.05, 0) is 48.2 Å². The fourth-order valence-electron chi connectivity index (χ4n) is 5.14. The van der Waals surface area contributed by atoms with Gasteiger partial charge in [0, 0.05) is 29.7 Å². The molecular formula is C29H41ClFNO2. The van der Waals surface area contributed by atoms with Crippen LogP contribution in [0.3, 0.4) is 0 Å². The van der Waals surface area contributed by atoms with E-state index in [9.17, 15) is 4.39 Å². The lowest BCUT2D eigenvalue weighted by Crippen LogP contribution is -2.35. The summed E-state index contributed by atoms with van der Waals surface area (Å²) in [5, 5.41) is 0.500. The van der Waals surface area contributed by atoms with E-state index in [1.807, 2.05) is 0 Å². The summed E-state index contributed by atoms with van der Waals surface area (Å²) in [6, 6.07) is 9.41. The van der Waals surface area contributed by atoms with Crippen molar-refractivity contribution in [3.05, 3.63) is 57.9 Å². The highest BCUT2D eigenvalue weighted by Gasteiger charge is 2.29. The Morgan fingerprint density at radius 1 is 0.941 bits per heavy atom. The van der Waals surface area contributed by atoms with Crippen LogP contribution in [0.4, 0.5) is 4.39 Å². The largest absolute Gasteiger partial charge is 0.493 e. The molecule has 0 amide bonds. The summed E-state index contributed by atoms with van der Waals surface area (Å²) in [7, 11) is 3.36. The van der Waals surface area contributed by atoms with Crippen molar-refractivity contribution in [2.75, 3.05) is 20.8 Å². The van der Waals surface area contributed by atoms with E-state index in [2.05, 4.69) is 24.0 Å². The highest BCUT2D eigenvalue weighted by atomic mass is 35.5. The molecule has 34 heavy (non-hydrogen) atoms. The van der Waals surface area contributed by atoms with Gasteiger partial charge in [0.15, 0.2) is 11.5 Å². The minimum Gasteiger partial charge on any atom is -0.493 e. The summed E-state index contributed by atoms with van der Waals surface area (Å²) >= 11 is 6.39. The maximum Gasteiger partial charge on any atom is 0.161 e. The standard InChI is InChI=1S/C29H41ClFNO2/c1-4-5-6-7-8-9-10-11-12-16-27-23-20-29(34-3)28(33-2)19-22(23)17-18-32(27)21-24-25(30)14-13-15-26(24)31/h13-15,19-20,27H,4-12,16-18,21H2,1-3H3. The molecule has 0 bridgehead atoms. The topological polar surface area (TPSA) is 21.7 Å². The maximum absolute atomic E-state index is 14.6. The van der Waals surface area contributed by atoms with Crippen LogP contribution in [-0.2, 0) is 13.0 Å². The molecule has 1 aliphatic rings. The summed E-state index contributed by atoms with van der Waals surface area (Å²) < 4.78 is 25.8. The predicted octanol–water partition coefficient (Wildman–Crippen LogP) is 8.52. The molecular weight excluding hydrogens is 449 g/mol. The smallest absolute Gasteiger partial charge is 0.161 e. The Balaban J connectivity index is 1.71. The van der Waals surface area contributed by atoms with Crippen LogP contribution in [0.1, 0.15) is 93.9 Å². The first-order valence-electron chi connectivity index (χ1n) is 13.0. The second-order valence-electron chi connectivity index (χ2n) is 9.46. The molecule has 1 aliphatic heterocycles. The van der Waals surface area contributed by atoms with Crippen LogP contribution in [-0.4, -0.2) is 25.7 Å². The van der Waals surface area contributed by atoms with Crippen molar-refractivity contribution < 1.29 is 13.9 Å². The third-order valence-electron chi connectivity index (χ3n) is 7.12. The summed E-state index contributed by atoms with van der Waals surface area (Å²) in [4.78, 5) is 2.39. The van der Waals surface area contributed by atoms with Crippen LogP contribution in [0.5, 0.6) is 11.5 Å². The van der Waals surface area contributed by atoms with Gasteiger partial charge in [-0.15, -0.1) is 0 Å². The second kappa shape index (κ2) is 13.9. The zero-order chi connectivity index (χ0) is 24.3. The summed E-state index contributed by atoms with van der Waals surface area (Å²) in [6.07, 6.45) is 13.7. The molecule has 2 aromatic carbocycles. The summed E-state index contributed by atoms with van der Waals surface area (Å²) in [5.41, 5.74) is 3.16. The van der Waals surface area contributed by atoms with Crippen LogP contribution >= 0.6 is 11.6 Å². The third-order valence-corrected chi connectivity index (χ3v) is 7.47. The number of hydrogen-bond acceptors (Lipinski definition) is 3. The first-order chi connectivity index (χ1) is 16.6. The Morgan fingerprint density at radius 2 is 1.59 bits per heavy atom. The van der Waals surface area contributed by atoms with Gasteiger partial charge in [-0.2, -0.15) is 0 Å². The van der Waals surface area contributed by atoms with Gasteiger partial charge in [-0.3, -0.25) is 4.90 Å². The molecule has 3 rings (SSSR count). The zero-order valence-electron chi connectivity index (χ0n) is 21.2.